The average molecular weight is 581 g/mol. The summed E-state index contributed by atoms with van der Waals surface area (Å²) in [7, 11) is 2.12. The standard InChI is InChI=1S/C33H48N4O3S/c1-5-24-11-12-29-31(19-24)41-32(34-29)21-26(20-27(38)6-2)33(40)35-28(25-9-7-8-10-25)13-14-30(39)23(3)22-37-17-15-36(4)16-18-37/h11-12,19,25-26,28H,3,5-10,13-18,20-22H2,1-2,4H3,(H,35,40)/t26-,28+/m0/s1. The summed E-state index contributed by atoms with van der Waals surface area (Å²) in [6, 6.07) is 6.26. The zero-order valence-corrected chi connectivity index (χ0v) is 26.1. The van der Waals surface area contributed by atoms with Gasteiger partial charge in [0.2, 0.25) is 5.91 Å². The first-order valence-corrected chi connectivity index (χ1v) is 16.4. The van der Waals surface area contributed by atoms with Crippen molar-refractivity contribution >= 4 is 39.0 Å². The minimum absolute atomic E-state index is 0.0629. The summed E-state index contributed by atoms with van der Waals surface area (Å²) in [5.74, 6) is 0.0172. The Hall–Kier alpha value is -2.42. The number of aryl methyl sites for hydroxylation is 1. The molecule has 7 nitrogen and oxygen atoms in total. The number of likely N-dealkylation sites (N-methyl/N-ethyl adjacent to an activating group) is 1. The molecule has 0 spiro atoms. The van der Waals surface area contributed by atoms with E-state index in [2.05, 4.69) is 47.8 Å². The third-order valence-electron chi connectivity index (χ3n) is 8.95. The highest BCUT2D eigenvalue weighted by Gasteiger charge is 2.31. The van der Waals surface area contributed by atoms with Crippen molar-refractivity contribution in [1.82, 2.24) is 20.1 Å². The van der Waals surface area contributed by atoms with Crippen LogP contribution < -0.4 is 5.32 Å². The smallest absolute Gasteiger partial charge is 0.224 e. The van der Waals surface area contributed by atoms with Gasteiger partial charge >= 0.3 is 0 Å². The normalized spacial score (nSPS) is 18.4. The predicted molar refractivity (Wildman–Crippen MR) is 167 cm³/mol. The second-order valence-corrected chi connectivity index (χ2v) is 13.2. The summed E-state index contributed by atoms with van der Waals surface area (Å²) in [4.78, 5) is 48.8. The molecule has 2 aromatic rings. The number of fused-ring (bicyclic) bond motifs is 1. The van der Waals surface area contributed by atoms with Gasteiger partial charge in [0.05, 0.1) is 21.1 Å². The molecular formula is C33H48N4O3S. The van der Waals surface area contributed by atoms with Crippen LogP contribution in [0.15, 0.2) is 30.4 Å². The number of carbonyl (C=O) groups is 3. The molecular weight excluding hydrogens is 532 g/mol. The number of nitrogens with one attached hydrogen (secondary N) is 1. The fraction of sp³-hybridized carbons (Fsp3) is 0.636. The highest BCUT2D eigenvalue weighted by molar-refractivity contribution is 7.18. The molecule has 4 rings (SSSR count). The Morgan fingerprint density at radius 1 is 1.12 bits per heavy atom. The summed E-state index contributed by atoms with van der Waals surface area (Å²) in [6.45, 7) is 12.7. The van der Waals surface area contributed by atoms with Gasteiger partial charge in [-0.25, -0.2) is 4.98 Å². The number of aromatic nitrogens is 1. The molecule has 224 valence electrons. The number of piperazine rings is 1. The van der Waals surface area contributed by atoms with Gasteiger partial charge in [0.15, 0.2) is 5.78 Å². The minimum atomic E-state index is -0.458. The molecule has 1 amide bonds. The highest BCUT2D eigenvalue weighted by atomic mass is 32.1. The van der Waals surface area contributed by atoms with Gasteiger partial charge in [0.1, 0.15) is 5.78 Å². The summed E-state index contributed by atoms with van der Waals surface area (Å²) < 4.78 is 1.12. The zero-order chi connectivity index (χ0) is 29.4. The molecule has 1 saturated carbocycles. The van der Waals surface area contributed by atoms with Crippen molar-refractivity contribution in [2.75, 3.05) is 39.8 Å². The molecule has 2 aliphatic rings. The maximum absolute atomic E-state index is 13.7. The monoisotopic (exact) mass is 580 g/mol. The van der Waals surface area contributed by atoms with E-state index < -0.39 is 5.92 Å². The Morgan fingerprint density at radius 2 is 1.85 bits per heavy atom. The molecule has 0 radical (unpaired) electrons. The van der Waals surface area contributed by atoms with Gasteiger partial charge < -0.3 is 10.2 Å². The fourth-order valence-electron chi connectivity index (χ4n) is 6.12. The van der Waals surface area contributed by atoms with Crippen molar-refractivity contribution < 1.29 is 14.4 Å². The van der Waals surface area contributed by atoms with Crippen LogP contribution in [0.2, 0.25) is 0 Å². The van der Waals surface area contributed by atoms with Crippen LogP contribution in [0.4, 0.5) is 0 Å². The Labute approximate surface area is 249 Å². The molecule has 8 heteroatoms. The van der Waals surface area contributed by atoms with E-state index in [1.165, 1.54) is 5.56 Å². The van der Waals surface area contributed by atoms with Gasteiger partial charge in [-0.3, -0.25) is 19.3 Å². The van der Waals surface area contributed by atoms with Crippen LogP contribution in [0.25, 0.3) is 10.2 Å². The number of carbonyl (C=O) groups excluding carboxylic acids is 3. The van der Waals surface area contributed by atoms with E-state index in [9.17, 15) is 14.4 Å². The summed E-state index contributed by atoms with van der Waals surface area (Å²) in [5, 5.41) is 4.22. The number of thiazole rings is 1. The van der Waals surface area contributed by atoms with Crippen LogP contribution in [0, 0.1) is 11.8 Å². The molecule has 2 fully saturated rings. The number of ketones is 2. The number of amides is 1. The van der Waals surface area contributed by atoms with Crippen molar-refractivity contribution in [3.05, 3.63) is 40.9 Å². The third kappa shape index (κ3) is 9.03. The van der Waals surface area contributed by atoms with Crippen molar-refractivity contribution in [1.29, 1.82) is 0 Å². The molecule has 1 aromatic heterocycles. The van der Waals surface area contributed by atoms with Crippen LogP contribution in [0.1, 0.15) is 75.8 Å². The van der Waals surface area contributed by atoms with Crippen LogP contribution in [0.3, 0.4) is 0 Å². The second kappa shape index (κ2) is 15.2. The zero-order valence-electron chi connectivity index (χ0n) is 25.3. The Morgan fingerprint density at radius 3 is 2.54 bits per heavy atom. The highest BCUT2D eigenvalue weighted by Crippen LogP contribution is 2.31. The molecule has 1 aliphatic heterocycles. The van der Waals surface area contributed by atoms with E-state index in [1.807, 2.05) is 13.0 Å². The molecule has 1 aromatic carbocycles. The van der Waals surface area contributed by atoms with Gasteiger partial charge in [0.25, 0.3) is 0 Å². The Kier molecular flexibility index (Phi) is 11.7. The number of rotatable bonds is 15. The lowest BCUT2D eigenvalue weighted by Gasteiger charge is -2.32. The number of nitrogens with zero attached hydrogens (tertiary/aromatic N) is 3. The van der Waals surface area contributed by atoms with E-state index in [0.29, 0.717) is 43.7 Å². The summed E-state index contributed by atoms with van der Waals surface area (Å²) in [6.07, 6.45) is 7.51. The first-order chi connectivity index (χ1) is 19.7. The van der Waals surface area contributed by atoms with Crippen LogP contribution in [-0.2, 0) is 27.2 Å². The molecule has 0 bridgehead atoms. The molecule has 0 unspecified atom stereocenters. The van der Waals surface area contributed by atoms with Gasteiger partial charge in [-0.1, -0.05) is 39.3 Å². The van der Waals surface area contributed by atoms with Crippen LogP contribution in [-0.4, -0.2) is 78.1 Å². The maximum Gasteiger partial charge on any atom is 0.224 e. The topological polar surface area (TPSA) is 82.6 Å². The van der Waals surface area contributed by atoms with Gasteiger partial charge in [-0.05, 0) is 56.3 Å². The molecule has 2 heterocycles. The third-order valence-corrected chi connectivity index (χ3v) is 9.99. The summed E-state index contributed by atoms with van der Waals surface area (Å²) in [5.41, 5.74) is 2.88. The van der Waals surface area contributed by atoms with Crippen LogP contribution >= 0.6 is 11.3 Å². The van der Waals surface area contributed by atoms with Gasteiger partial charge in [-0.15, -0.1) is 11.3 Å². The Bertz CT molecular complexity index is 1210. The van der Waals surface area contributed by atoms with Crippen LogP contribution in [0.5, 0.6) is 0 Å². The number of Topliss-reactive ketones (excluding diaryl/α,β-unsaturated/α-hetero) is 2. The lowest BCUT2D eigenvalue weighted by atomic mass is 9.90. The molecule has 41 heavy (non-hydrogen) atoms. The quantitative estimate of drug-likeness (QED) is 0.291. The molecule has 1 N–H and O–H groups in total. The van der Waals surface area contributed by atoms with E-state index in [-0.39, 0.29) is 29.9 Å². The molecule has 1 aliphatic carbocycles. The SMILES string of the molecule is C=C(CN1CCN(C)CC1)C(=O)CC[C@@H](NC(=O)[C@@H](CC(=O)CC)Cc1nc2ccc(CC)cc2s1)C1CCCC1. The van der Waals surface area contributed by atoms with Gasteiger partial charge in [-0.2, -0.15) is 0 Å². The second-order valence-electron chi connectivity index (χ2n) is 12.1. The predicted octanol–water partition coefficient (Wildman–Crippen LogP) is 5.21. The van der Waals surface area contributed by atoms with E-state index in [4.69, 9.17) is 4.98 Å². The van der Waals surface area contributed by atoms with E-state index in [1.54, 1.807) is 11.3 Å². The fourth-order valence-corrected chi connectivity index (χ4v) is 7.24. The first-order valence-electron chi connectivity index (χ1n) is 15.6. The van der Waals surface area contributed by atoms with Crippen molar-refractivity contribution in [3.8, 4) is 0 Å². The Balaban J connectivity index is 1.40. The van der Waals surface area contributed by atoms with E-state index in [0.717, 1.165) is 73.5 Å². The van der Waals surface area contributed by atoms with Crippen molar-refractivity contribution in [2.45, 2.75) is 84.1 Å². The maximum atomic E-state index is 13.7. The van der Waals surface area contributed by atoms with Gasteiger partial charge in [0, 0.05) is 70.0 Å². The average Bonchev–Trinajstić information content (AvgIpc) is 3.65. The lowest BCUT2D eigenvalue weighted by molar-refractivity contribution is -0.130. The number of hydrogen-bond acceptors (Lipinski definition) is 7. The number of benzene rings is 1. The largest absolute Gasteiger partial charge is 0.353 e. The number of hydrogen-bond donors (Lipinski definition) is 1. The molecule has 2 atom stereocenters. The van der Waals surface area contributed by atoms with E-state index >= 15 is 0 Å². The van der Waals surface area contributed by atoms with Crippen molar-refractivity contribution in [2.24, 2.45) is 11.8 Å². The lowest BCUT2D eigenvalue weighted by Crippen LogP contribution is -2.45. The minimum Gasteiger partial charge on any atom is -0.353 e. The van der Waals surface area contributed by atoms with Crippen molar-refractivity contribution in [3.63, 3.8) is 0 Å². The first kappa shape index (κ1) is 31.5. The summed E-state index contributed by atoms with van der Waals surface area (Å²) >= 11 is 1.62. The molecule has 1 saturated heterocycles.